The Morgan fingerprint density at radius 2 is 1.26 bits per heavy atom. The van der Waals surface area contributed by atoms with E-state index in [1.54, 1.807) is 104 Å². The number of carboxylic acid groups (broad SMARTS) is 1. The number of rotatable bonds is 46. The molecule has 2 aromatic carbocycles. The van der Waals surface area contributed by atoms with Gasteiger partial charge in [0.25, 0.3) is 11.8 Å². The molecule has 2 aromatic rings. The van der Waals surface area contributed by atoms with Crippen LogP contribution in [-0.4, -0.2) is 228 Å². The van der Waals surface area contributed by atoms with Gasteiger partial charge in [0.1, 0.15) is 36.8 Å². The van der Waals surface area contributed by atoms with Gasteiger partial charge in [-0.1, -0.05) is 111 Å². The molecule has 32 nitrogen and oxygen atoms in total. The highest BCUT2D eigenvalue weighted by Crippen LogP contribution is 2.31. The minimum atomic E-state index is -1.41. The maximum atomic E-state index is 14.9. The number of anilines is 1. The van der Waals surface area contributed by atoms with Crippen LogP contribution in [0, 0.1) is 29.6 Å². The number of unbranched alkanes of at least 4 members (excludes halogenated alkanes) is 2. The summed E-state index contributed by atoms with van der Waals surface area (Å²) in [5.41, 5.74) is 6.64. The van der Waals surface area contributed by atoms with Crippen LogP contribution in [0.25, 0.3) is 0 Å². The highest BCUT2D eigenvalue weighted by Gasteiger charge is 2.44. The molecule has 14 amide bonds. The molecule has 13 atom stereocenters. The quantitative estimate of drug-likeness (QED) is 0.0330. The number of primary amides is 1. The summed E-state index contributed by atoms with van der Waals surface area (Å²) in [7, 11) is 6.01. The number of nitrogens with two attached hydrogens (primary N) is 1. The van der Waals surface area contributed by atoms with Crippen molar-refractivity contribution in [1.82, 2.24) is 56.8 Å². The van der Waals surface area contributed by atoms with Crippen molar-refractivity contribution in [1.29, 1.82) is 0 Å². The van der Waals surface area contributed by atoms with Crippen molar-refractivity contribution in [3.63, 3.8) is 0 Å². The average Bonchev–Trinajstić information content (AvgIpc) is 1.34. The minimum absolute atomic E-state index is 0.0214. The number of ether oxygens (including phenoxy) is 3. The summed E-state index contributed by atoms with van der Waals surface area (Å²) in [5, 5.41) is 41.7. The zero-order chi connectivity index (χ0) is 80.6. The second-order valence-corrected chi connectivity index (χ2v) is 28.9. The number of carbonyl (C=O) groups is 14. The second kappa shape index (κ2) is 45.3. The van der Waals surface area contributed by atoms with E-state index in [1.807, 2.05) is 19.9 Å². The molecule has 2 aliphatic heterocycles. The maximum absolute atomic E-state index is 14.9. The van der Waals surface area contributed by atoms with E-state index in [1.165, 1.54) is 50.5 Å². The van der Waals surface area contributed by atoms with Gasteiger partial charge in [0.05, 0.1) is 55.2 Å². The van der Waals surface area contributed by atoms with Crippen LogP contribution in [0.4, 0.5) is 15.3 Å². The van der Waals surface area contributed by atoms with Gasteiger partial charge < -0.3 is 82.5 Å². The van der Waals surface area contributed by atoms with Crippen molar-refractivity contribution in [2.75, 3.05) is 59.8 Å². The van der Waals surface area contributed by atoms with Gasteiger partial charge in [-0.2, -0.15) is 0 Å². The van der Waals surface area contributed by atoms with E-state index in [-0.39, 0.29) is 81.8 Å². The van der Waals surface area contributed by atoms with E-state index in [4.69, 9.17) is 19.9 Å². The Balaban J connectivity index is 1.40. The standard InChI is InChI=1S/C76H117N13O19/c1-15-47(8)66(56(106-13)42-61(94)88-41-23-27-55(88)68(107-14)48(9)69(98)80-49(10)67(97)51-24-18-16-19-25-51)86(11)74(103)64(45(4)5)85-73(102)65(46(6)7)87(12)76(105)108-43-50-28-30-52(31-29-50)81-70(99)53(26-22-39-79-75(77)104)83-72(101)63(44(2)3)84-71(100)54(82-58(91)34-37-62(95)96)32-33-57(90)78-38-20-17-21-40-89-59(92)35-36-60(89)93/h16,18-19,24-25,28-31,35-36,44-49,53-56,63-68,97H,15,17,20-23,26-27,32-34,37-43H2,1-14H3,(H,78,90)(H,80,98)(H,81,99)(H,82,91)(H,83,101)(H,84,100)(H,85,102)(H,95,96)(H3,77,79,104)/t47-,48+,49+,53-,54-,55-,56+,63-,64-,65-,66-,67+,68+/m0/s1. The van der Waals surface area contributed by atoms with Gasteiger partial charge in [0.2, 0.25) is 53.2 Å². The number of aliphatic hydroxyl groups excluding tert-OH is 1. The number of hydrogen-bond acceptors (Lipinski definition) is 18. The van der Waals surface area contributed by atoms with Crippen molar-refractivity contribution in [3.8, 4) is 0 Å². The van der Waals surface area contributed by atoms with Crippen molar-refractivity contribution < 1.29 is 91.5 Å². The molecule has 32 heteroatoms. The summed E-state index contributed by atoms with van der Waals surface area (Å²) in [6, 6.07) is 6.36. The normalized spacial score (nSPS) is 16.8. The lowest BCUT2D eigenvalue weighted by Crippen LogP contribution is -2.60. The number of aliphatic carboxylic acids is 1. The summed E-state index contributed by atoms with van der Waals surface area (Å²) in [6.45, 7) is 18.2. The molecule has 0 spiro atoms. The molecule has 0 radical (unpaired) electrons. The Kier molecular flexibility index (Phi) is 38.1. The lowest BCUT2D eigenvalue weighted by atomic mass is 9.89. The van der Waals surface area contributed by atoms with Gasteiger partial charge >= 0.3 is 18.1 Å². The number of carbonyl (C=O) groups excluding carboxylic acids is 13. The monoisotopic (exact) mass is 1520 g/mol. The Bertz CT molecular complexity index is 3380. The van der Waals surface area contributed by atoms with Crippen molar-refractivity contribution in [2.45, 2.75) is 226 Å². The van der Waals surface area contributed by atoms with E-state index in [2.05, 4.69) is 42.5 Å². The Morgan fingerprint density at radius 3 is 1.84 bits per heavy atom. The highest BCUT2D eigenvalue weighted by molar-refractivity contribution is 6.13. The number of likely N-dealkylation sites (tertiary alicyclic amines) is 1. The van der Waals surface area contributed by atoms with E-state index in [0.717, 1.165) is 9.80 Å². The molecule has 12 N–H and O–H groups in total. The first kappa shape index (κ1) is 90.8. The van der Waals surface area contributed by atoms with Crippen molar-refractivity contribution in [3.05, 3.63) is 77.9 Å². The number of aliphatic hydroxyl groups is 1. The molecule has 2 heterocycles. The summed E-state index contributed by atoms with van der Waals surface area (Å²) < 4.78 is 17.8. The summed E-state index contributed by atoms with van der Waals surface area (Å²) in [4.78, 5) is 191. The van der Waals surface area contributed by atoms with Crippen molar-refractivity contribution >= 4 is 88.8 Å². The summed E-state index contributed by atoms with van der Waals surface area (Å²) >= 11 is 0. The third kappa shape index (κ3) is 28.2. The Labute approximate surface area is 633 Å². The summed E-state index contributed by atoms with van der Waals surface area (Å²) in [6.07, 6.45) is 0.899. The molecule has 0 unspecified atom stereocenters. The number of hydrogen-bond donors (Lipinski definition) is 11. The zero-order valence-corrected chi connectivity index (χ0v) is 65.0. The number of amides is 14. The third-order valence-electron chi connectivity index (χ3n) is 19.7. The first-order chi connectivity index (χ1) is 51.1. The fourth-order valence-corrected chi connectivity index (χ4v) is 13.3. The molecular formula is C76H117N13O19. The molecule has 1 saturated heterocycles. The van der Waals surface area contributed by atoms with Gasteiger partial charge in [-0.3, -0.25) is 67.3 Å². The smallest absolute Gasteiger partial charge is 0.410 e. The molecule has 4 rings (SSSR count). The van der Waals surface area contributed by atoms with Gasteiger partial charge in [-0.05, 0) is 105 Å². The molecule has 108 heavy (non-hydrogen) atoms. The number of benzene rings is 2. The predicted molar refractivity (Wildman–Crippen MR) is 400 cm³/mol. The number of nitrogens with zero attached hydrogens (tertiary/aromatic N) is 4. The van der Waals surface area contributed by atoms with Crippen LogP contribution in [0.2, 0.25) is 0 Å². The zero-order valence-electron chi connectivity index (χ0n) is 65.0. The number of imide groups is 1. The van der Waals surface area contributed by atoms with Gasteiger partial charge in [0.15, 0.2) is 0 Å². The molecule has 0 aliphatic carbocycles. The molecule has 0 bridgehead atoms. The topological polar surface area (TPSA) is 442 Å². The number of likely N-dealkylation sites (N-methyl/N-ethyl adjacent to an activating group) is 2. The first-order valence-corrected chi connectivity index (χ1v) is 37.3. The molecule has 1 fully saturated rings. The van der Waals surface area contributed by atoms with Crippen LogP contribution in [0.15, 0.2) is 66.7 Å². The minimum Gasteiger partial charge on any atom is -0.481 e. The lowest BCUT2D eigenvalue weighted by molar-refractivity contribution is -0.148. The SMILES string of the molecule is CC[C@H](C)[C@@H]([C@@H](CC(=O)N1CCC[C@H]1[C@H](OC)[C@@H](C)C(=O)N[C@H](C)[C@@H](O)c1ccccc1)OC)N(C)C(=O)[C@@H](NC(=O)[C@H](C(C)C)N(C)C(=O)OCc1ccc(NC(=O)[C@H](CCCNC(N)=O)NC(=O)[C@@H](NC(=O)[C@H](CCC(=O)NCCCCCN2C(=O)C=CC2=O)NC(=O)CCC(=O)O)C(C)C)cc1)C(C)C. The van der Waals surface area contributed by atoms with Crippen molar-refractivity contribution in [2.24, 2.45) is 35.3 Å². The fraction of sp³-hybridized carbons (Fsp3) is 0.632. The van der Waals surface area contributed by atoms with Crippen LogP contribution in [0.1, 0.15) is 170 Å². The molecule has 0 aromatic heterocycles. The van der Waals surface area contributed by atoms with Gasteiger partial charge in [-0.25, -0.2) is 9.59 Å². The number of carboxylic acids is 1. The van der Waals surface area contributed by atoms with E-state index in [0.29, 0.717) is 56.2 Å². The largest absolute Gasteiger partial charge is 0.481 e. The fourth-order valence-electron chi connectivity index (χ4n) is 13.3. The predicted octanol–water partition coefficient (Wildman–Crippen LogP) is 3.93. The highest BCUT2D eigenvalue weighted by atomic mass is 16.6. The average molecular weight is 1520 g/mol. The van der Waals surface area contributed by atoms with Gasteiger partial charge in [-0.15, -0.1) is 0 Å². The second-order valence-electron chi connectivity index (χ2n) is 28.9. The number of methoxy groups -OCH3 is 2. The number of urea groups is 1. The van der Waals surface area contributed by atoms with E-state index >= 15 is 0 Å². The third-order valence-corrected chi connectivity index (χ3v) is 19.7. The first-order valence-electron chi connectivity index (χ1n) is 37.3. The number of nitrogens with one attached hydrogen (secondary N) is 8. The van der Waals surface area contributed by atoms with Crippen LogP contribution >= 0.6 is 0 Å². The Morgan fingerprint density at radius 1 is 0.639 bits per heavy atom. The molecule has 0 saturated carbocycles. The lowest BCUT2D eigenvalue weighted by Gasteiger charge is -2.41. The molecule has 600 valence electrons. The summed E-state index contributed by atoms with van der Waals surface area (Å²) in [5.74, 6) is -9.89. The van der Waals surface area contributed by atoms with E-state index < -0.39 is 174 Å². The molecular weight excluding hydrogens is 1400 g/mol. The molecule has 2 aliphatic rings. The Hall–Kier alpha value is -9.56. The van der Waals surface area contributed by atoms with Crippen LogP contribution in [0.5, 0.6) is 0 Å². The van der Waals surface area contributed by atoms with Gasteiger partial charge in [0, 0.05) is 85.2 Å². The van der Waals surface area contributed by atoms with Crippen LogP contribution in [-0.2, 0) is 78.4 Å². The van der Waals surface area contributed by atoms with Crippen LogP contribution in [0.3, 0.4) is 0 Å². The maximum Gasteiger partial charge on any atom is 0.410 e. The van der Waals surface area contributed by atoms with E-state index in [9.17, 15) is 77.3 Å². The van der Waals surface area contributed by atoms with Crippen LogP contribution < -0.4 is 48.3 Å².